The highest BCUT2D eigenvalue weighted by Gasteiger charge is 2.36. The van der Waals surface area contributed by atoms with Gasteiger partial charge in [0, 0.05) is 18.0 Å². The standard InChI is InChI=1S/C15H15N3O4S4/c19-25(20)10-8-18(7-6-13(25)12-4-2-9-23-12)26(21,22)14-5-1-3-11-15(14)17-24-16-11/h1-5,9,13H,6-8,10H2/t13-/m0/s1. The summed E-state index contributed by atoms with van der Waals surface area (Å²) in [7, 11) is -7.26. The molecule has 1 fully saturated rings. The number of sulfone groups is 1. The van der Waals surface area contributed by atoms with Gasteiger partial charge >= 0.3 is 0 Å². The molecule has 0 spiro atoms. The minimum Gasteiger partial charge on any atom is -0.228 e. The van der Waals surface area contributed by atoms with E-state index in [2.05, 4.69) is 8.75 Å². The van der Waals surface area contributed by atoms with Crippen LogP contribution in [0.25, 0.3) is 11.0 Å². The lowest BCUT2D eigenvalue weighted by atomic mass is 10.2. The number of nitrogens with zero attached hydrogens (tertiary/aromatic N) is 3. The molecule has 0 radical (unpaired) electrons. The lowest BCUT2D eigenvalue weighted by Crippen LogP contribution is -2.33. The third-order valence-corrected chi connectivity index (χ3v) is 10.1. The summed E-state index contributed by atoms with van der Waals surface area (Å²) in [5.41, 5.74) is 0.856. The summed E-state index contributed by atoms with van der Waals surface area (Å²) in [5.74, 6) is -0.194. The highest BCUT2D eigenvalue weighted by molar-refractivity contribution is 7.92. The Labute approximate surface area is 159 Å². The first-order valence-corrected chi connectivity index (χ1v) is 12.6. The van der Waals surface area contributed by atoms with Crippen molar-refractivity contribution in [2.75, 3.05) is 18.8 Å². The molecule has 1 aliphatic rings. The summed E-state index contributed by atoms with van der Waals surface area (Å²) in [4.78, 5) is 0.839. The van der Waals surface area contributed by atoms with E-state index in [0.29, 0.717) is 11.0 Å². The Morgan fingerprint density at radius 2 is 1.96 bits per heavy atom. The Morgan fingerprint density at radius 1 is 1.12 bits per heavy atom. The molecular weight excluding hydrogens is 414 g/mol. The minimum absolute atomic E-state index is 0.0551. The lowest BCUT2D eigenvalue weighted by molar-refractivity contribution is 0.429. The second-order valence-corrected chi connectivity index (χ2v) is 11.7. The molecule has 2 aromatic heterocycles. The van der Waals surface area contributed by atoms with E-state index in [-0.39, 0.29) is 30.2 Å². The lowest BCUT2D eigenvalue weighted by Gasteiger charge is -2.19. The van der Waals surface area contributed by atoms with Crippen LogP contribution in [0, 0.1) is 0 Å². The molecule has 3 aromatic rings. The largest absolute Gasteiger partial charge is 0.245 e. The second kappa shape index (κ2) is 6.64. The van der Waals surface area contributed by atoms with E-state index in [1.54, 1.807) is 18.2 Å². The van der Waals surface area contributed by atoms with Crippen molar-refractivity contribution in [2.45, 2.75) is 16.6 Å². The van der Waals surface area contributed by atoms with E-state index in [9.17, 15) is 16.8 Å². The SMILES string of the molecule is O=S1(=O)CCN(S(=O)(=O)c2cccc3nsnc23)CC[C@H]1c1cccs1. The van der Waals surface area contributed by atoms with Gasteiger partial charge in [-0.3, -0.25) is 0 Å². The van der Waals surface area contributed by atoms with Gasteiger partial charge in [0.2, 0.25) is 10.0 Å². The van der Waals surface area contributed by atoms with Crippen molar-refractivity contribution in [3.8, 4) is 0 Å². The van der Waals surface area contributed by atoms with Gasteiger partial charge in [-0.05, 0) is 30.0 Å². The predicted octanol–water partition coefficient (Wildman–Crippen LogP) is 2.30. The zero-order valence-electron chi connectivity index (χ0n) is 13.5. The maximum atomic E-state index is 13.1. The molecule has 0 N–H and O–H groups in total. The van der Waals surface area contributed by atoms with Crippen molar-refractivity contribution < 1.29 is 16.8 Å². The van der Waals surface area contributed by atoms with Crippen LogP contribution in [-0.4, -0.2) is 48.7 Å². The van der Waals surface area contributed by atoms with Crippen LogP contribution >= 0.6 is 23.1 Å². The quantitative estimate of drug-likeness (QED) is 0.634. The normalized spacial score (nSPS) is 21.6. The molecule has 0 bridgehead atoms. The smallest absolute Gasteiger partial charge is 0.228 e. The third kappa shape index (κ3) is 3.07. The first-order chi connectivity index (χ1) is 12.4. The van der Waals surface area contributed by atoms with Gasteiger partial charge in [-0.25, -0.2) is 16.8 Å². The van der Waals surface area contributed by atoms with Crippen LogP contribution < -0.4 is 0 Å². The summed E-state index contributed by atoms with van der Waals surface area (Å²) >= 11 is 2.34. The highest BCUT2D eigenvalue weighted by Crippen LogP contribution is 2.34. The number of benzene rings is 1. The molecule has 4 rings (SSSR count). The fourth-order valence-electron chi connectivity index (χ4n) is 3.09. The van der Waals surface area contributed by atoms with Gasteiger partial charge < -0.3 is 0 Å². The van der Waals surface area contributed by atoms with Gasteiger partial charge in [-0.15, -0.1) is 11.3 Å². The molecule has 1 saturated heterocycles. The average molecular weight is 430 g/mol. The van der Waals surface area contributed by atoms with Crippen LogP contribution in [0.4, 0.5) is 0 Å². The Morgan fingerprint density at radius 3 is 2.73 bits per heavy atom. The highest BCUT2D eigenvalue weighted by atomic mass is 32.2. The van der Waals surface area contributed by atoms with Crippen LogP contribution in [0.3, 0.4) is 0 Å². The Hall–Kier alpha value is -1.40. The van der Waals surface area contributed by atoms with Crippen molar-refractivity contribution in [3.63, 3.8) is 0 Å². The summed E-state index contributed by atoms with van der Waals surface area (Å²) in [6.07, 6.45) is 0.243. The van der Waals surface area contributed by atoms with E-state index >= 15 is 0 Å². The number of rotatable bonds is 3. The second-order valence-electron chi connectivity index (χ2n) is 5.95. The first kappa shape index (κ1) is 18.0. The number of fused-ring (bicyclic) bond motifs is 1. The van der Waals surface area contributed by atoms with Crippen molar-refractivity contribution in [2.24, 2.45) is 0 Å². The molecule has 11 heteroatoms. The number of hydrogen-bond donors (Lipinski definition) is 0. The summed E-state index contributed by atoms with van der Waals surface area (Å²) in [6.45, 7) is 0.0958. The van der Waals surface area contributed by atoms with Crippen molar-refractivity contribution >= 4 is 54.0 Å². The van der Waals surface area contributed by atoms with Crippen LogP contribution in [-0.2, 0) is 19.9 Å². The minimum atomic E-state index is -3.85. The average Bonchev–Trinajstić information content (AvgIpc) is 3.25. The molecule has 26 heavy (non-hydrogen) atoms. The summed E-state index contributed by atoms with van der Waals surface area (Å²) in [5, 5.41) is 1.18. The number of aromatic nitrogens is 2. The number of thiophene rings is 1. The monoisotopic (exact) mass is 429 g/mol. The van der Waals surface area contributed by atoms with Crippen LogP contribution in [0.5, 0.6) is 0 Å². The molecule has 0 unspecified atom stereocenters. The van der Waals surface area contributed by atoms with Crippen molar-refractivity contribution in [1.29, 1.82) is 0 Å². The van der Waals surface area contributed by atoms with E-state index in [1.165, 1.54) is 21.7 Å². The predicted molar refractivity (Wildman–Crippen MR) is 102 cm³/mol. The molecule has 3 heterocycles. The topological polar surface area (TPSA) is 97.3 Å². The van der Waals surface area contributed by atoms with Gasteiger partial charge in [0.15, 0.2) is 9.84 Å². The molecule has 0 amide bonds. The molecule has 1 atom stereocenters. The fourth-order valence-corrected chi connectivity index (χ4v) is 8.41. The maximum absolute atomic E-state index is 13.1. The van der Waals surface area contributed by atoms with Crippen molar-refractivity contribution in [3.05, 3.63) is 40.6 Å². The van der Waals surface area contributed by atoms with Gasteiger partial charge in [0.05, 0.1) is 22.7 Å². The Bertz CT molecular complexity index is 1140. The third-order valence-electron chi connectivity index (χ3n) is 4.43. The van der Waals surface area contributed by atoms with E-state index in [0.717, 1.165) is 16.6 Å². The zero-order chi connectivity index (χ0) is 18.4. The Balaban J connectivity index is 1.70. The Kier molecular flexibility index (Phi) is 4.59. The molecule has 1 aliphatic heterocycles. The van der Waals surface area contributed by atoms with E-state index in [1.807, 2.05) is 11.4 Å². The molecule has 7 nitrogen and oxygen atoms in total. The molecule has 138 valence electrons. The molecule has 0 aliphatic carbocycles. The van der Waals surface area contributed by atoms with E-state index in [4.69, 9.17) is 0 Å². The fraction of sp³-hybridized carbons (Fsp3) is 0.333. The number of hydrogen-bond acceptors (Lipinski definition) is 8. The zero-order valence-corrected chi connectivity index (χ0v) is 16.7. The van der Waals surface area contributed by atoms with Crippen LogP contribution in [0.2, 0.25) is 0 Å². The maximum Gasteiger partial charge on any atom is 0.245 e. The number of sulfonamides is 1. The van der Waals surface area contributed by atoms with Crippen LogP contribution in [0.15, 0.2) is 40.6 Å². The molecule has 1 aromatic carbocycles. The summed E-state index contributed by atoms with van der Waals surface area (Å²) < 4.78 is 61.0. The first-order valence-electron chi connectivity index (χ1n) is 7.86. The van der Waals surface area contributed by atoms with Gasteiger partial charge in [0.1, 0.15) is 15.9 Å². The van der Waals surface area contributed by atoms with Gasteiger partial charge in [-0.1, -0.05) is 12.1 Å². The van der Waals surface area contributed by atoms with Crippen LogP contribution in [0.1, 0.15) is 16.5 Å². The van der Waals surface area contributed by atoms with Crippen molar-refractivity contribution in [1.82, 2.24) is 13.1 Å². The van der Waals surface area contributed by atoms with E-state index < -0.39 is 25.1 Å². The summed E-state index contributed by atoms with van der Waals surface area (Å²) in [6, 6.07) is 8.43. The molecular formula is C15H15N3O4S4. The van der Waals surface area contributed by atoms with Gasteiger partial charge in [0.25, 0.3) is 0 Å². The molecule has 0 saturated carbocycles. The van der Waals surface area contributed by atoms with Gasteiger partial charge in [-0.2, -0.15) is 13.1 Å².